The molecule has 0 bridgehead atoms. The molecule has 2 unspecified atom stereocenters. The van der Waals surface area contributed by atoms with Crippen LogP contribution in [0.1, 0.15) is 20.8 Å². The minimum atomic E-state index is -0.337. The minimum Gasteiger partial charge on any atom is -0.365 e. The van der Waals surface area contributed by atoms with Crippen molar-refractivity contribution in [3.05, 3.63) is 28.1 Å². The number of thiophene rings is 2. The van der Waals surface area contributed by atoms with E-state index in [2.05, 4.69) is 45.2 Å². The second kappa shape index (κ2) is 9.13. The first kappa shape index (κ1) is 20.6. The van der Waals surface area contributed by atoms with Crippen LogP contribution in [0.5, 0.6) is 0 Å². The summed E-state index contributed by atoms with van der Waals surface area (Å²) in [6.45, 7) is 3.92. The Morgan fingerprint density at radius 3 is 2.13 bits per heavy atom. The topological polar surface area (TPSA) is 97.6 Å². The van der Waals surface area contributed by atoms with Crippen molar-refractivity contribution >= 4 is 80.3 Å². The third-order valence-corrected chi connectivity index (χ3v) is 5.83. The maximum absolute atomic E-state index is 10.7. The number of carbonyl (C=O) groups excluding carboxylic acids is 1. The fourth-order valence-corrected chi connectivity index (χ4v) is 4.61. The van der Waals surface area contributed by atoms with Crippen LogP contribution in [0.4, 0.5) is 0 Å². The van der Waals surface area contributed by atoms with E-state index in [9.17, 15) is 4.79 Å². The SMILES string of the molecule is Cc1cc(P)sc1-c1nn[nH]n1.Cc1cc(P)sc1C(N)=O.I. The molecule has 0 saturated carbocycles. The van der Waals surface area contributed by atoms with Crippen molar-refractivity contribution in [2.45, 2.75) is 13.8 Å². The monoisotopic (exact) mass is 499 g/mol. The van der Waals surface area contributed by atoms with E-state index >= 15 is 0 Å². The van der Waals surface area contributed by atoms with Gasteiger partial charge in [-0.2, -0.15) is 5.21 Å². The number of tetrazole rings is 1. The van der Waals surface area contributed by atoms with Crippen LogP contribution in [-0.2, 0) is 0 Å². The summed E-state index contributed by atoms with van der Waals surface area (Å²) in [5, 5.41) is 13.8. The van der Waals surface area contributed by atoms with Crippen LogP contribution in [0.3, 0.4) is 0 Å². The van der Waals surface area contributed by atoms with Gasteiger partial charge < -0.3 is 5.73 Å². The van der Waals surface area contributed by atoms with E-state index in [4.69, 9.17) is 5.73 Å². The highest BCUT2D eigenvalue weighted by Crippen LogP contribution is 2.24. The molecule has 23 heavy (non-hydrogen) atoms. The highest BCUT2D eigenvalue weighted by atomic mass is 127. The lowest BCUT2D eigenvalue weighted by Crippen LogP contribution is -2.09. The molecule has 0 spiro atoms. The first-order valence-electron chi connectivity index (χ1n) is 6.14. The molecule has 3 rings (SSSR count). The summed E-state index contributed by atoms with van der Waals surface area (Å²) in [5.41, 5.74) is 7.24. The van der Waals surface area contributed by atoms with Gasteiger partial charge in [-0.1, -0.05) is 18.5 Å². The molecule has 0 radical (unpaired) electrons. The van der Waals surface area contributed by atoms with Gasteiger partial charge in [0.15, 0.2) is 0 Å². The van der Waals surface area contributed by atoms with Gasteiger partial charge in [-0.25, -0.2) is 0 Å². The Labute approximate surface area is 163 Å². The van der Waals surface area contributed by atoms with Crippen LogP contribution >= 0.6 is 65.1 Å². The molecule has 2 atom stereocenters. The Morgan fingerprint density at radius 2 is 1.78 bits per heavy atom. The number of hydrogen-bond donors (Lipinski definition) is 2. The van der Waals surface area contributed by atoms with E-state index in [1.807, 2.05) is 19.9 Å². The molecule has 0 aromatic carbocycles. The van der Waals surface area contributed by atoms with Crippen LogP contribution in [0.15, 0.2) is 12.1 Å². The zero-order chi connectivity index (χ0) is 16.3. The van der Waals surface area contributed by atoms with E-state index in [1.165, 1.54) is 21.5 Å². The standard InChI is InChI=1S/C6H7N4PS.C6H8NOPS.HI/c1-3-2-4(11)12-5(3)6-7-9-10-8-6;1-3-2-4(9)10-5(3)6(7)8;/h2H,11H2,1H3,(H,7,8,9,10);2H,9H2,1H3,(H2,7,8);1H. The first-order valence-corrected chi connectivity index (χ1v) is 8.92. The summed E-state index contributed by atoms with van der Waals surface area (Å²) >= 11 is 3.06. The lowest BCUT2D eigenvalue weighted by Gasteiger charge is -1.87. The number of carbonyl (C=O) groups is 1. The summed E-state index contributed by atoms with van der Waals surface area (Å²) in [7, 11) is 5.20. The van der Waals surface area contributed by atoms with Crippen molar-refractivity contribution in [2.24, 2.45) is 5.73 Å². The average molecular weight is 499 g/mol. The lowest BCUT2D eigenvalue weighted by atomic mass is 10.3. The zero-order valence-electron chi connectivity index (χ0n) is 12.4. The number of aromatic nitrogens is 4. The molecule has 3 aromatic heterocycles. The van der Waals surface area contributed by atoms with E-state index in [0.717, 1.165) is 15.1 Å². The third kappa shape index (κ3) is 5.53. The summed E-state index contributed by atoms with van der Waals surface area (Å²) < 4.78 is 2.23. The first-order chi connectivity index (χ1) is 10.4. The number of amides is 1. The second-order valence-electron chi connectivity index (χ2n) is 4.42. The molecular formula is C12H16IN5OP2S2. The van der Waals surface area contributed by atoms with E-state index in [0.29, 0.717) is 10.7 Å². The number of H-pyrrole nitrogens is 1. The van der Waals surface area contributed by atoms with Crippen molar-refractivity contribution < 1.29 is 4.79 Å². The number of halogens is 1. The van der Waals surface area contributed by atoms with Crippen molar-refractivity contribution in [1.82, 2.24) is 20.6 Å². The van der Waals surface area contributed by atoms with E-state index in [-0.39, 0.29) is 29.9 Å². The van der Waals surface area contributed by atoms with E-state index < -0.39 is 0 Å². The van der Waals surface area contributed by atoms with Crippen molar-refractivity contribution in [3.8, 4) is 10.7 Å². The molecule has 0 aliphatic rings. The summed E-state index contributed by atoms with van der Waals surface area (Å²) in [6.07, 6.45) is 0. The van der Waals surface area contributed by atoms with Gasteiger partial charge in [-0.05, 0) is 42.3 Å². The Balaban J connectivity index is 0.000000224. The molecule has 0 saturated heterocycles. The fraction of sp³-hybridized carbons (Fsp3) is 0.167. The highest BCUT2D eigenvalue weighted by molar-refractivity contribution is 14.0. The van der Waals surface area contributed by atoms with Crippen LogP contribution in [0.2, 0.25) is 0 Å². The molecule has 0 aliphatic carbocycles. The van der Waals surface area contributed by atoms with Gasteiger partial charge in [0.2, 0.25) is 5.82 Å². The molecule has 3 aromatic rings. The predicted molar refractivity (Wildman–Crippen MR) is 114 cm³/mol. The number of aryl methyl sites for hydroxylation is 2. The normalized spacial score (nSPS) is 9.74. The van der Waals surface area contributed by atoms with Gasteiger partial charge in [0.1, 0.15) is 0 Å². The third-order valence-electron chi connectivity index (χ3n) is 2.65. The average Bonchev–Trinajstić information content (AvgIpc) is 3.11. The van der Waals surface area contributed by atoms with Crippen LogP contribution in [0.25, 0.3) is 10.7 Å². The van der Waals surface area contributed by atoms with Gasteiger partial charge in [0.25, 0.3) is 5.91 Å². The van der Waals surface area contributed by atoms with Gasteiger partial charge in [-0.3, -0.25) is 4.79 Å². The molecule has 3 N–H and O–H groups in total. The number of rotatable bonds is 2. The molecule has 11 heteroatoms. The summed E-state index contributed by atoms with van der Waals surface area (Å²) in [4.78, 5) is 12.4. The predicted octanol–water partition coefficient (Wildman–Crippen LogP) is 2.01. The minimum absolute atomic E-state index is 0. The Morgan fingerprint density at radius 1 is 1.17 bits per heavy atom. The summed E-state index contributed by atoms with van der Waals surface area (Å²) in [5.74, 6) is 0.336. The zero-order valence-corrected chi connectivity index (χ0v) is 18.6. The van der Waals surface area contributed by atoms with Crippen LogP contribution in [0, 0.1) is 13.8 Å². The van der Waals surface area contributed by atoms with Gasteiger partial charge in [-0.15, -0.1) is 56.8 Å². The lowest BCUT2D eigenvalue weighted by molar-refractivity contribution is 0.100. The van der Waals surface area contributed by atoms with Crippen molar-refractivity contribution in [2.75, 3.05) is 0 Å². The van der Waals surface area contributed by atoms with Crippen LogP contribution < -0.4 is 15.0 Å². The fourth-order valence-electron chi connectivity index (χ4n) is 1.74. The highest BCUT2D eigenvalue weighted by Gasteiger charge is 2.09. The van der Waals surface area contributed by atoms with Gasteiger partial charge in [0.05, 0.1) is 9.75 Å². The molecule has 6 nitrogen and oxygen atoms in total. The van der Waals surface area contributed by atoms with Crippen molar-refractivity contribution in [3.63, 3.8) is 0 Å². The number of nitrogens with two attached hydrogens (primary N) is 1. The molecule has 1 amide bonds. The van der Waals surface area contributed by atoms with E-state index in [1.54, 1.807) is 11.3 Å². The summed E-state index contributed by atoms with van der Waals surface area (Å²) in [6, 6.07) is 4.01. The van der Waals surface area contributed by atoms with Crippen LogP contribution in [-0.4, -0.2) is 26.5 Å². The molecule has 0 aliphatic heterocycles. The molecule has 0 fully saturated rings. The Hall–Kier alpha value is -0.470. The number of aromatic amines is 1. The maximum atomic E-state index is 10.7. The smallest absolute Gasteiger partial charge is 0.259 e. The van der Waals surface area contributed by atoms with Gasteiger partial charge >= 0.3 is 0 Å². The second-order valence-corrected chi connectivity index (χ2v) is 8.67. The van der Waals surface area contributed by atoms with Crippen molar-refractivity contribution in [1.29, 1.82) is 0 Å². The number of primary amides is 1. The molecule has 124 valence electrons. The Kier molecular flexibility index (Phi) is 8.17. The molecule has 3 heterocycles. The number of nitrogens with zero attached hydrogens (tertiary/aromatic N) is 3. The molecular weight excluding hydrogens is 483 g/mol. The largest absolute Gasteiger partial charge is 0.365 e. The quantitative estimate of drug-likeness (QED) is 0.417. The van der Waals surface area contributed by atoms with Gasteiger partial charge in [0, 0.05) is 9.24 Å². The Bertz CT molecular complexity index is 788. The number of hydrogen-bond acceptors (Lipinski definition) is 6. The maximum Gasteiger partial charge on any atom is 0.259 e. The number of nitrogens with one attached hydrogen (secondary N) is 1.